The number of piperidine rings is 1. The molecule has 4 heteroatoms. The van der Waals surface area contributed by atoms with E-state index < -0.39 is 0 Å². The molecular weight excluding hydrogens is 244 g/mol. The van der Waals surface area contributed by atoms with Crippen molar-refractivity contribution in [1.29, 1.82) is 0 Å². The number of carbonyl (C=O) groups is 1. The summed E-state index contributed by atoms with van der Waals surface area (Å²) in [4.78, 5) is 14.5. The minimum Gasteiger partial charge on any atom is -0.334 e. The standard InChI is InChI=1S/C14H22N2OS/c1-3-11-4-5-16(12(6-11)7-15)14(17)13-9-18-8-10(13)2/h8-9,11-12H,3-7,15H2,1-2H3. The molecule has 2 unspecified atom stereocenters. The summed E-state index contributed by atoms with van der Waals surface area (Å²) in [5.74, 6) is 0.893. The van der Waals surface area contributed by atoms with Gasteiger partial charge in [-0.3, -0.25) is 4.79 Å². The lowest BCUT2D eigenvalue weighted by Gasteiger charge is -2.39. The average molecular weight is 266 g/mol. The summed E-state index contributed by atoms with van der Waals surface area (Å²) in [6.45, 7) is 5.65. The number of thiophene rings is 1. The molecule has 100 valence electrons. The van der Waals surface area contributed by atoms with Gasteiger partial charge in [0.25, 0.3) is 5.91 Å². The number of hydrogen-bond donors (Lipinski definition) is 1. The van der Waals surface area contributed by atoms with Crippen LogP contribution < -0.4 is 5.73 Å². The topological polar surface area (TPSA) is 46.3 Å². The molecule has 2 N–H and O–H groups in total. The molecule has 0 aromatic carbocycles. The van der Waals surface area contributed by atoms with Gasteiger partial charge in [0.15, 0.2) is 0 Å². The molecule has 0 aliphatic carbocycles. The number of nitrogens with two attached hydrogens (primary N) is 1. The highest BCUT2D eigenvalue weighted by Crippen LogP contribution is 2.27. The fourth-order valence-corrected chi connectivity index (χ4v) is 3.55. The number of hydrogen-bond acceptors (Lipinski definition) is 3. The Morgan fingerprint density at radius 1 is 1.56 bits per heavy atom. The molecule has 2 heterocycles. The van der Waals surface area contributed by atoms with Crippen LogP contribution in [0.2, 0.25) is 0 Å². The zero-order chi connectivity index (χ0) is 13.1. The lowest BCUT2D eigenvalue weighted by Crippen LogP contribution is -2.49. The smallest absolute Gasteiger partial charge is 0.255 e. The number of likely N-dealkylation sites (tertiary alicyclic amines) is 1. The Hall–Kier alpha value is -0.870. The average Bonchev–Trinajstić information content (AvgIpc) is 2.83. The van der Waals surface area contributed by atoms with Gasteiger partial charge in [-0.1, -0.05) is 13.3 Å². The third-order valence-corrected chi connectivity index (χ3v) is 4.88. The van der Waals surface area contributed by atoms with Crippen molar-refractivity contribution in [1.82, 2.24) is 4.90 Å². The van der Waals surface area contributed by atoms with Gasteiger partial charge in [-0.25, -0.2) is 0 Å². The minimum absolute atomic E-state index is 0.166. The lowest BCUT2D eigenvalue weighted by molar-refractivity contribution is 0.0558. The molecule has 1 amide bonds. The number of aryl methyl sites for hydroxylation is 1. The van der Waals surface area contributed by atoms with Crippen molar-refractivity contribution in [2.75, 3.05) is 13.1 Å². The molecule has 0 saturated carbocycles. The predicted molar refractivity (Wildman–Crippen MR) is 75.9 cm³/mol. The summed E-state index contributed by atoms with van der Waals surface area (Å²) in [5, 5.41) is 3.99. The van der Waals surface area contributed by atoms with Crippen LogP contribution in [0.5, 0.6) is 0 Å². The molecule has 1 aliphatic rings. The van der Waals surface area contributed by atoms with Crippen LogP contribution in [0.15, 0.2) is 10.8 Å². The van der Waals surface area contributed by atoms with Crippen LogP contribution in [0.1, 0.15) is 42.1 Å². The number of nitrogens with zero attached hydrogens (tertiary/aromatic N) is 1. The fourth-order valence-electron chi connectivity index (χ4n) is 2.73. The zero-order valence-corrected chi connectivity index (χ0v) is 12.0. The maximum atomic E-state index is 12.5. The van der Waals surface area contributed by atoms with Crippen molar-refractivity contribution in [2.24, 2.45) is 11.7 Å². The van der Waals surface area contributed by atoms with Crippen LogP contribution in [0.25, 0.3) is 0 Å². The molecule has 3 nitrogen and oxygen atoms in total. The highest BCUT2D eigenvalue weighted by molar-refractivity contribution is 7.08. The highest BCUT2D eigenvalue weighted by Gasteiger charge is 2.31. The molecule has 1 aliphatic heterocycles. The Kier molecular flexibility index (Phi) is 4.40. The first-order chi connectivity index (χ1) is 8.67. The van der Waals surface area contributed by atoms with E-state index in [1.165, 1.54) is 6.42 Å². The largest absolute Gasteiger partial charge is 0.334 e. The van der Waals surface area contributed by atoms with Gasteiger partial charge in [0, 0.05) is 24.5 Å². The summed E-state index contributed by atoms with van der Waals surface area (Å²) in [6, 6.07) is 0.218. The molecule has 1 saturated heterocycles. The van der Waals surface area contributed by atoms with Crippen LogP contribution in [0.4, 0.5) is 0 Å². The fraction of sp³-hybridized carbons (Fsp3) is 0.643. The third kappa shape index (κ3) is 2.59. The van der Waals surface area contributed by atoms with Crippen LogP contribution in [-0.2, 0) is 0 Å². The van der Waals surface area contributed by atoms with E-state index >= 15 is 0 Å². The van der Waals surface area contributed by atoms with Crippen molar-refractivity contribution in [3.05, 3.63) is 21.9 Å². The molecule has 0 spiro atoms. The molecule has 0 bridgehead atoms. The monoisotopic (exact) mass is 266 g/mol. The predicted octanol–water partition coefficient (Wildman–Crippen LogP) is 2.65. The van der Waals surface area contributed by atoms with Gasteiger partial charge in [0.05, 0.1) is 5.56 Å². The van der Waals surface area contributed by atoms with Gasteiger partial charge in [0.2, 0.25) is 0 Å². The Morgan fingerprint density at radius 3 is 2.89 bits per heavy atom. The summed E-state index contributed by atoms with van der Waals surface area (Å²) >= 11 is 1.59. The van der Waals surface area contributed by atoms with Crippen molar-refractivity contribution in [3.63, 3.8) is 0 Å². The molecule has 0 radical (unpaired) electrons. The van der Waals surface area contributed by atoms with Crippen LogP contribution in [0, 0.1) is 12.8 Å². The first-order valence-electron chi connectivity index (χ1n) is 6.71. The molecular formula is C14H22N2OS. The first-order valence-corrected chi connectivity index (χ1v) is 7.65. The Balaban J connectivity index is 2.13. The summed E-state index contributed by atoms with van der Waals surface area (Å²) in [7, 11) is 0. The SMILES string of the molecule is CCC1CCN(C(=O)c2cscc2C)C(CN)C1. The number of carbonyl (C=O) groups excluding carboxylic acids is 1. The normalized spacial score (nSPS) is 24.3. The highest BCUT2D eigenvalue weighted by atomic mass is 32.1. The Labute approximate surface area is 113 Å². The van der Waals surface area contributed by atoms with Crippen molar-refractivity contribution in [2.45, 2.75) is 39.2 Å². The maximum absolute atomic E-state index is 12.5. The van der Waals surface area contributed by atoms with E-state index in [9.17, 15) is 4.79 Å². The van der Waals surface area contributed by atoms with Gasteiger partial charge in [0.1, 0.15) is 0 Å². The van der Waals surface area contributed by atoms with E-state index in [1.807, 2.05) is 22.6 Å². The van der Waals surface area contributed by atoms with Crippen LogP contribution in [-0.4, -0.2) is 29.9 Å². The van der Waals surface area contributed by atoms with E-state index in [-0.39, 0.29) is 11.9 Å². The Bertz CT molecular complexity index is 416. The van der Waals surface area contributed by atoms with E-state index in [1.54, 1.807) is 11.3 Å². The molecule has 18 heavy (non-hydrogen) atoms. The molecule has 1 aromatic heterocycles. The quantitative estimate of drug-likeness (QED) is 0.914. The van der Waals surface area contributed by atoms with Gasteiger partial charge in [-0.2, -0.15) is 11.3 Å². The van der Waals surface area contributed by atoms with Gasteiger partial charge >= 0.3 is 0 Å². The number of amides is 1. The van der Waals surface area contributed by atoms with Crippen LogP contribution in [0.3, 0.4) is 0 Å². The summed E-state index contributed by atoms with van der Waals surface area (Å²) in [6.07, 6.45) is 3.36. The zero-order valence-electron chi connectivity index (χ0n) is 11.2. The van der Waals surface area contributed by atoms with Crippen molar-refractivity contribution < 1.29 is 4.79 Å². The third-order valence-electron chi connectivity index (χ3n) is 4.02. The van der Waals surface area contributed by atoms with E-state index in [2.05, 4.69) is 6.92 Å². The van der Waals surface area contributed by atoms with Gasteiger partial charge in [-0.15, -0.1) is 0 Å². The molecule has 1 fully saturated rings. The lowest BCUT2D eigenvalue weighted by atomic mass is 9.88. The summed E-state index contributed by atoms with van der Waals surface area (Å²) < 4.78 is 0. The summed E-state index contributed by atoms with van der Waals surface area (Å²) in [5.41, 5.74) is 7.79. The molecule has 2 rings (SSSR count). The second-order valence-electron chi connectivity index (χ2n) is 5.16. The van der Waals surface area contributed by atoms with Gasteiger partial charge in [-0.05, 0) is 36.6 Å². The van der Waals surface area contributed by atoms with Crippen LogP contribution >= 0.6 is 11.3 Å². The van der Waals surface area contributed by atoms with Crippen molar-refractivity contribution in [3.8, 4) is 0 Å². The van der Waals surface area contributed by atoms with E-state index in [0.29, 0.717) is 6.54 Å². The second kappa shape index (κ2) is 5.85. The number of rotatable bonds is 3. The van der Waals surface area contributed by atoms with Crippen molar-refractivity contribution >= 4 is 17.2 Å². The first kappa shape index (κ1) is 13.6. The molecule has 1 aromatic rings. The van der Waals surface area contributed by atoms with E-state index in [0.717, 1.165) is 36.4 Å². The minimum atomic E-state index is 0.166. The second-order valence-corrected chi connectivity index (χ2v) is 5.90. The Morgan fingerprint density at radius 2 is 2.33 bits per heavy atom. The maximum Gasteiger partial charge on any atom is 0.255 e. The van der Waals surface area contributed by atoms with E-state index in [4.69, 9.17) is 5.73 Å². The van der Waals surface area contributed by atoms with Gasteiger partial charge < -0.3 is 10.6 Å². The molecule has 2 atom stereocenters.